The van der Waals surface area contributed by atoms with Crippen LogP contribution < -0.4 is 4.74 Å². The number of ether oxygens (including phenoxy) is 1. The molecule has 0 unspecified atom stereocenters. The van der Waals surface area contributed by atoms with Crippen molar-refractivity contribution in [3.8, 4) is 5.75 Å². The van der Waals surface area contributed by atoms with E-state index in [2.05, 4.69) is 38.7 Å². The maximum Gasteiger partial charge on any atom is 0.129 e. The molecule has 2 saturated heterocycles. The van der Waals surface area contributed by atoms with Gasteiger partial charge in [0.1, 0.15) is 17.5 Å². The average Bonchev–Trinajstić information content (AvgIpc) is 3.09. The Hall–Kier alpha value is -2.25. The van der Waals surface area contributed by atoms with Gasteiger partial charge in [0.25, 0.3) is 0 Å². The molecule has 178 valence electrons. The summed E-state index contributed by atoms with van der Waals surface area (Å²) in [5.74, 6) is 0.929. The highest BCUT2D eigenvalue weighted by Gasteiger charge is 2.35. The van der Waals surface area contributed by atoms with E-state index in [-0.39, 0.29) is 0 Å². The molecule has 1 saturated carbocycles. The van der Waals surface area contributed by atoms with Crippen LogP contribution in [0.2, 0.25) is 0 Å². The molecule has 2 aromatic rings. The number of aryl methyl sites for hydroxylation is 1. The molecule has 7 heteroatoms. The smallest absolute Gasteiger partial charge is 0.129 e. The Morgan fingerprint density at radius 1 is 0.879 bits per heavy atom. The van der Waals surface area contributed by atoms with Gasteiger partial charge >= 0.3 is 0 Å². The first-order chi connectivity index (χ1) is 16.1. The average molecular weight is 451 g/mol. The first kappa shape index (κ1) is 22.5. The van der Waals surface area contributed by atoms with Crippen LogP contribution in [-0.2, 0) is 0 Å². The third kappa shape index (κ3) is 5.14. The molecule has 33 heavy (non-hydrogen) atoms. The zero-order chi connectivity index (χ0) is 22.8. The molecule has 1 aromatic carbocycles. The number of rotatable bonds is 6. The number of likely N-dealkylation sites (tertiary alicyclic amines) is 2. The van der Waals surface area contributed by atoms with Crippen LogP contribution in [0.25, 0.3) is 0 Å². The van der Waals surface area contributed by atoms with E-state index in [0.29, 0.717) is 12.1 Å². The lowest BCUT2D eigenvalue weighted by molar-refractivity contribution is 0.00893. The fraction of sp³-hybridized carbons (Fsp3) is 0.654. The highest BCUT2D eigenvalue weighted by molar-refractivity contribution is 5.47. The van der Waals surface area contributed by atoms with Gasteiger partial charge in [-0.3, -0.25) is 4.68 Å². The maximum absolute atomic E-state index is 6.19. The second-order valence-corrected chi connectivity index (χ2v) is 10.2. The van der Waals surface area contributed by atoms with Crippen LogP contribution in [0.1, 0.15) is 62.4 Å². The van der Waals surface area contributed by atoms with Gasteiger partial charge in [0.15, 0.2) is 0 Å². The normalized spacial score (nSPS) is 25.4. The summed E-state index contributed by atoms with van der Waals surface area (Å²) in [6, 6.07) is 9.21. The van der Waals surface area contributed by atoms with Gasteiger partial charge < -0.3 is 14.5 Å². The van der Waals surface area contributed by atoms with Gasteiger partial charge in [0.05, 0.1) is 23.1 Å². The van der Waals surface area contributed by atoms with Crippen LogP contribution in [-0.4, -0.2) is 65.0 Å². The second-order valence-electron chi connectivity index (χ2n) is 10.2. The molecule has 3 fully saturated rings. The first-order valence-corrected chi connectivity index (χ1v) is 12.7. The Labute approximate surface area is 197 Å². The highest BCUT2D eigenvalue weighted by atomic mass is 16.5. The van der Waals surface area contributed by atoms with E-state index in [0.717, 1.165) is 73.3 Å². The quantitative estimate of drug-likeness (QED) is 0.539. The predicted octanol–water partition coefficient (Wildman–Crippen LogP) is 5.58. The summed E-state index contributed by atoms with van der Waals surface area (Å²) < 4.78 is 8.36. The van der Waals surface area contributed by atoms with Crippen molar-refractivity contribution in [1.29, 1.82) is 0 Å². The number of hydrogen-bond donors (Lipinski definition) is 0. The first-order valence-electron chi connectivity index (χ1n) is 12.7. The van der Waals surface area contributed by atoms with Crippen molar-refractivity contribution in [3.05, 3.63) is 35.7 Å². The molecule has 1 aromatic heterocycles. The predicted molar refractivity (Wildman–Crippen MR) is 131 cm³/mol. The van der Waals surface area contributed by atoms with E-state index in [1.54, 1.807) is 0 Å². The molecule has 5 rings (SSSR count). The fourth-order valence-electron chi connectivity index (χ4n) is 5.50. The molecule has 0 amide bonds. The summed E-state index contributed by atoms with van der Waals surface area (Å²) in [6.45, 7) is 8.92. The highest BCUT2D eigenvalue weighted by Crippen LogP contribution is 2.33. The maximum atomic E-state index is 6.19. The van der Waals surface area contributed by atoms with E-state index < -0.39 is 0 Å². The molecular formula is C26H38N6O. The molecule has 2 aliphatic heterocycles. The van der Waals surface area contributed by atoms with E-state index >= 15 is 0 Å². The van der Waals surface area contributed by atoms with Gasteiger partial charge in [-0.2, -0.15) is 10.2 Å². The molecular weight excluding hydrogens is 412 g/mol. The third-order valence-corrected chi connectivity index (χ3v) is 7.70. The van der Waals surface area contributed by atoms with Crippen molar-refractivity contribution in [2.45, 2.75) is 77.0 Å². The van der Waals surface area contributed by atoms with Gasteiger partial charge in [0.2, 0.25) is 0 Å². The Morgan fingerprint density at radius 2 is 1.58 bits per heavy atom. The van der Waals surface area contributed by atoms with E-state index in [4.69, 9.17) is 9.84 Å². The standard InChI is InChI=1S/C26H38N6O/c1-19-26(20(2)32(29-19)22-11-15-30(3)16-12-22)28-27-21-7-9-24(10-8-21)33-25-17-23(18-25)31-13-5-4-6-14-31/h7-10,22-23,25H,4-6,11-18H2,1-3H3. The van der Waals surface area contributed by atoms with Gasteiger partial charge in [-0.05, 0) is 97.0 Å². The Bertz CT molecular complexity index is 948. The molecule has 3 aliphatic rings. The number of nitrogens with zero attached hydrogens (tertiary/aromatic N) is 6. The Kier molecular flexibility index (Phi) is 6.79. The second kappa shape index (κ2) is 9.94. The van der Waals surface area contributed by atoms with Crippen molar-refractivity contribution in [2.75, 3.05) is 33.2 Å². The minimum Gasteiger partial charge on any atom is -0.490 e. The van der Waals surface area contributed by atoms with Gasteiger partial charge in [-0.1, -0.05) is 6.42 Å². The van der Waals surface area contributed by atoms with Crippen LogP contribution in [0.3, 0.4) is 0 Å². The van der Waals surface area contributed by atoms with Crippen LogP contribution in [0.4, 0.5) is 11.4 Å². The van der Waals surface area contributed by atoms with Crippen LogP contribution in [0.5, 0.6) is 5.75 Å². The summed E-state index contributed by atoms with van der Waals surface area (Å²) in [6.07, 6.45) is 9.04. The minimum atomic E-state index is 0.347. The van der Waals surface area contributed by atoms with Gasteiger partial charge in [0, 0.05) is 18.9 Å². The Morgan fingerprint density at radius 3 is 2.27 bits per heavy atom. The number of azo groups is 1. The van der Waals surface area contributed by atoms with Gasteiger partial charge in [-0.15, -0.1) is 5.11 Å². The van der Waals surface area contributed by atoms with Crippen molar-refractivity contribution < 1.29 is 4.74 Å². The van der Waals surface area contributed by atoms with Crippen molar-refractivity contribution in [2.24, 2.45) is 10.2 Å². The molecule has 3 heterocycles. The van der Waals surface area contributed by atoms with E-state index in [1.807, 2.05) is 31.2 Å². The minimum absolute atomic E-state index is 0.347. The van der Waals surface area contributed by atoms with Crippen LogP contribution in [0.15, 0.2) is 34.5 Å². The largest absolute Gasteiger partial charge is 0.490 e. The summed E-state index contributed by atoms with van der Waals surface area (Å²) in [4.78, 5) is 5.04. The van der Waals surface area contributed by atoms with Crippen molar-refractivity contribution in [3.63, 3.8) is 0 Å². The summed E-state index contributed by atoms with van der Waals surface area (Å²) in [7, 11) is 2.19. The van der Waals surface area contributed by atoms with Crippen molar-refractivity contribution in [1.82, 2.24) is 19.6 Å². The molecule has 0 bridgehead atoms. The topological polar surface area (TPSA) is 58.3 Å². The summed E-state index contributed by atoms with van der Waals surface area (Å²) in [5.41, 5.74) is 3.79. The molecule has 7 nitrogen and oxygen atoms in total. The van der Waals surface area contributed by atoms with Crippen molar-refractivity contribution >= 4 is 11.4 Å². The molecule has 0 atom stereocenters. The Balaban J connectivity index is 1.16. The number of benzene rings is 1. The van der Waals surface area contributed by atoms with Gasteiger partial charge in [-0.25, -0.2) is 0 Å². The summed E-state index contributed by atoms with van der Waals surface area (Å²) >= 11 is 0. The fourth-order valence-corrected chi connectivity index (χ4v) is 5.50. The van der Waals surface area contributed by atoms with Crippen LogP contribution in [0, 0.1) is 13.8 Å². The van der Waals surface area contributed by atoms with E-state index in [1.165, 1.54) is 32.4 Å². The zero-order valence-corrected chi connectivity index (χ0v) is 20.4. The zero-order valence-electron chi connectivity index (χ0n) is 20.4. The number of piperidine rings is 2. The lowest BCUT2D eigenvalue weighted by atomic mass is 9.86. The third-order valence-electron chi connectivity index (χ3n) is 7.70. The monoisotopic (exact) mass is 450 g/mol. The molecule has 0 spiro atoms. The number of hydrogen-bond acceptors (Lipinski definition) is 6. The lowest BCUT2D eigenvalue weighted by Gasteiger charge is -2.44. The summed E-state index contributed by atoms with van der Waals surface area (Å²) in [5, 5.41) is 13.9. The molecule has 0 radical (unpaired) electrons. The molecule has 0 N–H and O–H groups in total. The SMILES string of the molecule is Cc1nn(C2CCN(C)CC2)c(C)c1N=Nc1ccc(OC2CC(N3CCCCC3)C2)cc1. The molecule has 1 aliphatic carbocycles. The van der Waals surface area contributed by atoms with Crippen LogP contribution >= 0.6 is 0 Å². The lowest BCUT2D eigenvalue weighted by Crippen LogP contribution is -2.50. The van der Waals surface area contributed by atoms with E-state index in [9.17, 15) is 0 Å². The number of aromatic nitrogens is 2.